The van der Waals surface area contributed by atoms with Gasteiger partial charge in [0.2, 0.25) is 17.6 Å². The normalized spacial score (nSPS) is 27.9. The Labute approximate surface area is 278 Å². The Balaban J connectivity index is 1.13. The van der Waals surface area contributed by atoms with Crippen molar-refractivity contribution in [3.05, 3.63) is 65.1 Å². The fourth-order valence-electron chi connectivity index (χ4n) is 7.55. The van der Waals surface area contributed by atoms with E-state index in [0.29, 0.717) is 68.2 Å². The van der Waals surface area contributed by atoms with Crippen LogP contribution >= 0.6 is 0 Å². The van der Waals surface area contributed by atoms with Crippen molar-refractivity contribution >= 4 is 27.3 Å². The van der Waals surface area contributed by atoms with E-state index in [9.17, 15) is 18.0 Å². The number of ether oxygens (including phenoxy) is 2. The standard InChI is InChI=1S/C34H40FN5O7S/c1-20(2)46-22-7-5-21(6-8-22)18-40-26-16-23(24(35)17-28(26)48(43,44)19-25(36)31(40)42)30(41)38-34-12-9-33(10-13-34,11-14-34)32-37-29(39-47-32)27-4-3-15-45-27/h5-8,16-17,20,25,27H,3-4,9-15,18-19,36H2,1-2H3,(H,38,41)/t25-,27?,33?,34?/m0/s1. The maximum atomic E-state index is 15.7. The minimum absolute atomic E-state index is 0.0304. The van der Waals surface area contributed by atoms with Crippen molar-refractivity contribution in [3.8, 4) is 5.75 Å². The van der Waals surface area contributed by atoms with Gasteiger partial charge < -0.3 is 29.9 Å². The minimum Gasteiger partial charge on any atom is -0.491 e. The molecule has 2 amide bonds. The predicted octanol–water partition coefficient (Wildman–Crippen LogP) is 4.27. The molecule has 14 heteroatoms. The van der Waals surface area contributed by atoms with Crippen LogP contribution in [0.4, 0.5) is 10.1 Å². The average molecular weight is 682 g/mol. The quantitative estimate of drug-likeness (QED) is 0.351. The third-order valence-corrected chi connectivity index (χ3v) is 12.1. The second-order valence-electron chi connectivity index (χ2n) is 13.9. The summed E-state index contributed by atoms with van der Waals surface area (Å²) in [6.45, 7) is 4.46. The van der Waals surface area contributed by atoms with Crippen molar-refractivity contribution in [1.82, 2.24) is 15.5 Å². The number of halogens is 1. The largest absolute Gasteiger partial charge is 0.491 e. The van der Waals surface area contributed by atoms with E-state index >= 15 is 4.39 Å². The summed E-state index contributed by atoms with van der Waals surface area (Å²) >= 11 is 0. The molecule has 3 heterocycles. The first-order valence-electron chi connectivity index (χ1n) is 16.5. The zero-order valence-corrected chi connectivity index (χ0v) is 27.9. The number of hydrogen-bond acceptors (Lipinski definition) is 10. The zero-order chi connectivity index (χ0) is 33.8. The third-order valence-electron chi connectivity index (χ3n) is 10.3. The van der Waals surface area contributed by atoms with Gasteiger partial charge in [-0.1, -0.05) is 17.3 Å². The number of hydrogen-bond donors (Lipinski definition) is 2. The summed E-state index contributed by atoms with van der Waals surface area (Å²) in [7, 11) is -4.15. The lowest BCUT2D eigenvalue weighted by atomic mass is 9.57. The van der Waals surface area contributed by atoms with Crippen molar-refractivity contribution in [3.63, 3.8) is 0 Å². The maximum Gasteiger partial charge on any atom is 0.254 e. The summed E-state index contributed by atoms with van der Waals surface area (Å²) in [6, 6.07) is 7.66. The molecule has 48 heavy (non-hydrogen) atoms. The van der Waals surface area contributed by atoms with E-state index in [1.165, 1.54) is 11.0 Å². The van der Waals surface area contributed by atoms with Crippen LogP contribution in [0.3, 0.4) is 0 Å². The summed E-state index contributed by atoms with van der Waals surface area (Å²) < 4.78 is 59.5. The zero-order valence-electron chi connectivity index (χ0n) is 27.0. The first kappa shape index (κ1) is 32.7. The Morgan fingerprint density at radius 1 is 1.15 bits per heavy atom. The van der Waals surface area contributed by atoms with E-state index in [1.54, 1.807) is 24.3 Å². The molecule has 5 aliphatic rings. The van der Waals surface area contributed by atoms with Gasteiger partial charge in [-0.3, -0.25) is 9.59 Å². The summed E-state index contributed by atoms with van der Waals surface area (Å²) in [6.07, 6.45) is 5.71. The van der Waals surface area contributed by atoms with Gasteiger partial charge in [-0.2, -0.15) is 4.98 Å². The second-order valence-corrected chi connectivity index (χ2v) is 15.9. The molecule has 8 rings (SSSR count). The Morgan fingerprint density at radius 3 is 2.50 bits per heavy atom. The number of carbonyl (C=O) groups is 2. The number of fused-ring (bicyclic) bond motifs is 4. The first-order chi connectivity index (χ1) is 22.9. The van der Waals surface area contributed by atoms with E-state index in [0.717, 1.165) is 18.9 Å². The number of nitrogens with zero attached hydrogens (tertiary/aromatic N) is 3. The van der Waals surface area contributed by atoms with Crippen molar-refractivity contribution in [2.24, 2.45) is 5.73 Å². The molecule has 0 radical (unpaired) electrons. The van der Waals surface area contributed by atoms with Crippen LogP contribution in [-0.4, -0.2) is 60.4 Å². The molecule has 0 spiro atoms. The maximum absolute atomic E-state index is 15.7. The summed E-state index contributed by atoms with van der Waals surface area (Å²) in [5.74, 6) is -1.15. The molecular formula is C34H40FN5O7S. The van der Waals surface area contributed by atoms with Crippen LogP contribution in [0.15, 0.2) is 45.8 Å². The number of amides is 2. The van der Waals surface area contributed by atoms with Crippen molar-refractivity contribution in [2.75, 3.05) is 17.3 Å². The molecule has 3 aromatic rings. The summed E-state index contributed by atoms with van der Waals surface area (Å²) in [4.78, 5) is 32.9. The van der Waals surface area contributed by atoms with Gasteiger partial charge in [-0.25, -0.2) is 12.8 Å². The van der Waals surface area contributed by atoms with E-state index in [4.69, 9.17) is 24.7 Å². The van der Waals surface area contributed by atoms with E-state index in [2.05, 4.69) is 10.5 Å². The Bertz CT molecular complexity index is 1810. The van der Waals surface area contributed by atoms with Gasteiger partial charge in [0, 0.05) is 17.6 Å². The lowest BCUT2D eigenvalue weighted by Gasteiger charge is -2.52. The molecule has 1 saturated heterocycles. The number of sulfone groups is 1. The minimum atomic E-state index is -4.15. The molecule has 3 saturated carbocycles. The summed E-state index contributed by atoms with van der Waals surface area (Å²) in [5, 5.41) is 7.29. The van der Waals surface area contributed by atoms with Crippen LogP contribution in [0.1, 0.15) is 99.0 Å². The van der Waals surface area contributed by atoms with E-state index in [-0.39, 0.29) is 40.3 Å². The van der Waals surface area contributed by atoms with E-state index < -0.39 is 44.8 Å². The number of anilines is 1. The molecule has 2 aliphatic heterocycles. The lowest BCUT2D eigenvalue weighted by molar-refractivity contribution is -0.119. The van der Waals surface area contributed by atoms with Gasteiger partial charge >= 0.3 is 0 Å². The van der Waals surface area contributed by atoms with Crippen LogP contribution < -0.4 is 20.7 Å². The molecule has 256 valence electrons. The van der Waals surface area contributed by atoms with Crippen LogP contribution in [0.25, 0.3) is 0 Å². The molecule has 12 nitrogen and oxygen atoms in total. The molecular weight excluding hydrogens is 641 g/mol. The molecule has 1 unspecified atom stereocenters. The van der Waals surface area contributed by atoms with Crippen LogP contribution in [0, 0.1) is 5.82 Å². The van der Waals surface area contributed by atoms with Crippen molar-refractivity contribution < 1.29 is 36.4 Å². The first-order valence-corrected chi connectivity index (χ1v) is 18.2. The molecule has 3 aliphatic carbocycles. The number of nitrogens with two attached hydrogens (primary N) is 1. The smallest absolute Gasteiger partial charge is 0.254 e. The topological polar surface area (TPSA) is 167 Å². The van der Waals surface area contributed by atoms with Crippen molar-refractivity contribution in [2.45, 2.75) is 106 Å². The lowest BCUT2D eigenvalue weighted by Crippen LogP contribution is -2.58. The fourth-order valence-corrected chi connectivity index (χ4v) is 9.12. The number of rotatable bonds is 8. The summed E-state index contributed by atoms with van der Waals surface area (Å²) in [5.41, 5.74) is 5.46. The SMILES string of the molecule is CC(C)Oc1ccc(CN2C(=O)[C@@H](N)CS(=O)(=O)c3cc(F)c(C(=O)NC45CCC(c6nc(C7CCCO7)no6)(CC4)CC5)cc32)cc1. The van der Waals surface area contributed by atoms with Crippen LogP contribution in [0.5, 0.6) is 5.75 Å². The molecule has 4 fully saturated rings. The number of benzene rings is 2. The Kier molecular flexibility index (Phi) is 8.31. The monoisotopic (exact) mass is 681 g/mol. The average Bonchev–Trinajstić information content (AvgIpc) is 3.77. The Hall–Kier alpha value is -3.88. The highest BCUT2D eigenvalue weighted by atomic mass is 32.2. The second kappa shape index (κ2) is 12.2. The molecule has 3 N–H and O–H groups in total. The number of aromatic nitrogens is 2. The number of carbonyl (C=O) groups excluding carboxylic acids is 2. The third kappa shape index (κ3) is 5.98. The molecule has 2 bridgehead atoms. The van der Waals surface area contributed by atoms with Gasteiger partial charge in [0.25, 0.3) is 5.91 Å². The molecule has 2 aromatic carbocycles. The fraction of sp³-hybridized carbons (Fsp3) is 0.529. The highest BCUT2D eigenvalue weighted by Crippen LogP contribution is 2.53. The Morgan fingerprint density at radius 2 is 1.85 bits per heavy atom. The highest BCUT2D eigenvalue weighted by Gasteiger charge is 2.53. The van der Waals surface area contributed by atoms with Gasteiger partial charge in [-0.05, 0) is 95.0 Å². The van der Waals surface area contributed by atoms with Gasteiger partial charge in [0.1, 0.15) is 17.7 Å². The number of nitrogens with one attached hydrogen (secondary N) is 1. The van der Waals surface area contributed by atoms with Gasteiger partial charge in [-0.15, -0.1) is 0 Å². The van der Waals surface area contributed by atoms with Crippen molar-refractivity contribution in [1.29, 1.82) is 0 Å². The molecule has 2 atom stereocenters. The molecule has 1 aromatic heterocycles. The van der Waals surface area contributed by atoms with Gasteiger partial charge in [0.05, 0.1) is 40.6 Å². The highest BCUT2D eigenvalue weighted by molar-refractivity contribution is 7.91. The predicted molar refractivity (Wildman–Crippen MR) is 172 cm³/mol. The van der Waals surface area contributed by atoms with Crippen LogP contribution in [-0.2, 0) is 31.3 Å². The van der Waals surface area contributed by atoms with E-state index in [1.807, 2.05) is 13.8 Å². The van der Waals surface area contributed by atoms with Crippen LogP contribution in [0.2, 0.25) is 0 Å². The van der Waals surface area contributed by atoms with Gasteiger partial charge in [0.15, 0.2) is 9.84 Å².